The van der Waals surface area contributed by atoms with E-state index in [-0.39, 0.29) is 24.2 Å². The van der Waals surface area contributed by atoms with Crippen molar-refractivity contribution in [3.05, 3.63) is 59.7 Å². The summed E-state index contributed by atoms with van der Waals surface area (Å²) >= 11 is 0. The van der Waals surface area contributed by atoms with Gasteiger partial charge in [-0.1, -0.05) is 192 Å². The van der Waals surface area contributed by atoms with Gasteiger partial charge >= 0.3 is 0 Å². The van der Waals surface area contributed by atoms with Crippen molar-refractivity contribution >= 4 is 0 Å². The second-order valence-corrected chi connectivity index (χ2v) is 16.7. The number of benzene rings is 2. The smallest absolute Gasteiger partial charge is 0.127 e. The van der Waals surface area contributed by atoms with Crippen LogP contribution in [0.2, 0.25) is 0 Å². The molecule has 0 saturated heterocycles. The van der Waals surface area contributed by atoms with E-state index in [1.807, 2.05) is 24.3 Å². The SMILES string of the molecule is CCCCCCCCCCCCCCC(N)CC(N)Cc1ccc(Oc2ccc(CC(N)CC(N)CCCCCCCCCCCCCC)cc2)cc1. The minimum Gasteiger partial charge on any atom is -0.457 e. The molecule has 0 radical (unpaired) electrons. The zero-order valence-corrected chi connectivity index (χ0v) is 34.9. The van der Waals surface area contributed by atoms with Gasteiger partial charge in [0.1, 0.15) is 11.5 Å². The van der Waals surface area contributed by atoms with Crippen LogP contribution < -0.4 is 27.7 Å². The first-order valence-electron chi connectivity index (χ1n) is 22.8. The molecule has 4 unspecified atom stereocenters. The fraction of sp³-hybridized carbons (Fsp3) is 0.750. The lowest BCUT2D eigenvalue weighted by atomic mass is 9.97. The molecule has 5 heteroatoms. The van der Waals surface area contributed by atoms with E-state index in [2.05, 4.69) is 38.1 Å². The highest BCUT2D eigenvalue weighted by Crippen LogP contribution is 2.24. The number of ether oxygens (including phenoxy) is 1. The van der Waals surface area contributed by atoms with Gasteiger partial charge in [-0.05, 0) is 73.9 Å². The first-order valence-corrected chi connectivity index (χ1v) is 22.8. The van der Waals surface area contributed by atoms with Crippen molar-refractivity contribution in [1.82, 2.24) is 0 Å². The Morgan fingerprint density at radius 2 is 0.623 bits per heavy atom. The lowest BCUT2D eigenvalue weighted by molar-refractivity contribution is 0.464. The normalized spacial score (nSPS) is 13.9. The Morgan fingerprint density at radius 3 is 0.906 bits per heavy atom. The minimum absolute atomic E-state index is 0.0805. The molecule has 5 nitrogen and oxygen atoms in total. The van der Waals surface area contributed by atoms with Gasteiger partial charge in [-0.3, -0.25) is 0 Å². The van der Waals surface area contributed by atoms with Gasteiger partial charge < -0.3 is 27.7 Å². The third-order valence-corrected chi connectivity index (χ3v) is 11.1. The molecule has 8 N–H and O–H groups in total. The number of hydrogen-bond donors (Lipinski definition) is 4. The van der Waals surface area contributed by atoms with Gasteiger partial charge in [0.05, 0.1) is 0 Å². The molecule has 0 amide bonds. The van der Waals surface area contributed by atoms with Crippen LogP contribution in [0.1, 0.15) is 205 Å². The van der Waals surface area contributed by atoms with Gasteiger partial charge in [-0.2, -0.15) is 0 Å². The average molecular weight is 735 g/mol. The van der Waals surface area contributed by atoms with Crippen molar-refractivity contribution in [3.63, 3.8) is 0 Å². The molecule has 0 aliphatic carbocycles. The summed E-state index contributed by atoms with van der Waals surface area (Å²) in [6, 6.07) is 17.2. The van der Waals surface area contributed by atoms with E-state index >= 15 is 0 Å². The van der Waals surface area contributed by atoms with Crippen LogP contribution in [-0.4, -0.2) is 24.2 Å². The number of hydrogen-bond acceptors (Lipinski definition) is 5. The summed E-state index contributed by atoms with van der Waals surface area (Å²) in [5.74, 6) is 1.67. The van der Waals surface area contributed by atoms with Crippen molar-refractivity contribution < 1.29 is 4.74 Å². The molecule has 0 heterocycles. The Labute approximate surface area is 328 Å². The topological polar surface area (TPSA) is 113 Å². The van der Waals surface area contributed by atoms with E-state index in [9.17, 15) is 0 Å². The summed E-state index contributed by atoms with van der Waals surface area (Å²) in [5.41, 5.74) is 28.4. The molecule has 4 atom stereocenters. The van der Waals surface area contributed by atoms with Crippen LogP contribution in [0.3, 0.4) is 0 Å². The molecule has 0 aliphatic heterocycles. The Balaban J connectivity index is 1.52. The molecule has 0 spiro atoms. The quantitative estimate of drug-likeness (QED) is 0.0521. The predicted octanol–water partition coefficient (Wildman–Crippen LogP) is 12.8. The van der Waals surface area contributed by atoms with Crippen LogP contribution in [0.4, 0.5) is 0 Å². The largest absolute Gasteiger partial charge is 0.457 e. The van der Waals surface area contributed by atoms with E-state index in [1.165, 1.54) is 165 Å². The van der Waals surface area contributed by atoms with Gasteiger partial charge in [0.25, 0.3) is 0 Å². The van der Waals surface area contributed by atoms with Crippen LogP contribution in [0.15, 0.2) is 48.5 Å². The van der Waals surface area contributed by atoms with Crippen LogP contribution in [-0.2, 0) is 12.8 Å². The lowest BCUT2D eigenvalue weighted by Crippen LogP contribution is -2.32. The van der Waals surface area contributed by atoms with Gasteiger partial charge in [0.15, 0.2) is 0 Å². The molecule has 304 valence electrons. The molecule has 0 bridgehead atoms. The summed E-state index contributed by atoms with van der Waals surface area (Å²) in [6.07, 6.45) is 38.5. The molecule has 0 fully saturated rings. The van der Waals surface area contributed by atoms with E-state index in [4.69, 9.17) is 27.7 Å². The molecule has 0 saturated carbocycles. The van der Waals surface area contributed by atoms with Gasteiger partial charge in [-0.25, -0.2) is 0 Å². The first-order chi connectivity index (χ1) is 25.9. The average Bonchev–Trinajstić information content (AvgIpc) is 3.14. The van der Waals surface area contributed by atoms with Crippen molar-refractivity contribution in [1.29, 1.82) is 0 Å². The fourth-order valence-corrected chi connectivity index (χ4v) is 7.80. The third kappa shape index (κ3) is 26.5. The number of rotatable bonds is 36. The third-order valence-electron chi connectivity index (χ3n) is 11.1. The maximum Gasteiger partial charge on any atom is 0.127 e. The summed E-state index contributed by atoms with van der Waals surface area (Å²) in [4.78, 5) is 0. The standard InChI is InChI=1S/C48H86N4O/c1-3-5-7-9-11-13-15-17-19-21-23-25-27-43(49)39-45(51)37-41-29-33-47(34-30-41)53-48-35-31-42(32-36-48)38-46(52)40-44(50)28-26-24-22-20-18-16-14-12-10-8-6-4-2/h29-36,43-46H,3-28,37-40,49-52H2,1-2H3. The van der Waals surface area contributed by atoms with E-state index < -0.39 is 0 Å². The zero-order chi connectivity index (χ0) is 38.2. The molecular weight excluding hydrogens is 649 g/mol. The molecule has 2 aromatic rings. The van der Waals surface area contributed by atoms with Crippen LogP contribution in [0, 0.1) is 0 Å². The fourth-order valence-electron chi connectivity index (χ4n) is 7.80. The predicted molar refractivity (Wildman–Crippen MR) is 233 cm³/mol. The summed E-state index contributed by atoms with van der Waals surface area (Å²) in [7, 11) is 0. The summed E-state index contributed by atoms with van der Waals surface area (Å²) < 4.78 is 6.14. The Morgan fingerprint density at radius 1 is 0.358 bits per heavy atom. The Bertz CT molecular complexity index is 988. The molecule has 53 heavy (non-hydrogen) atoms. The minimum atomic E-state index is 0.0805. The maximum atomic E-state index is 6.51. The molecule has 0 aliphatic rings. The molecule has 2 aromatic carbocycles. The number of nitrogens with two attached hydrogens (primary N) is 4. The van der Waals surface area contributed by atoms with Crippen LogP contribution >= 0.6 is 0 Å². The second kappa shape index (κ2) is 32.3. The summed E-state index contributed by atoms with van der Waals surface area (Å²) in [6.45, 7) is 4.57. The molecule has 0 aromatic heterocycles. The van der Waals surface area contributed by atoms with Crippen LogP contribution in [0.25, 0.3) is 0 Å². The highest BCUT2D eigenvalue weighted by molar-refractivity contribution is 5.35. The van der Waals surface area contributed by atoms with Gasteiger partial charge in [-0.15, -0.1) is 0 Å². The highest BCUT2D eigenvalue weighted by atomic mass is 16.5. The summed E-state index contributed by atoms with van der Waals surface area (Å²) in [5, 5.41) is 0. The van der Waals surface area contributed by atoms with Crippen molar-refractivity contribution in [2.75, 3.05) is 0 Å². The number of unbranched alkanes of at least 4 members (excludes halogenated alkanes) is 22. The van der Waals surface area contributed by atoms with Crippen molar-refractivity contribution in [2.24, 2.45) is 22.9 Å². The van der Waals surface area contributed by atoms with E-state index in [0.717, 1.165) is 50.0 Å². The van der Waals surface area contributed by atoms with Gasteiger partial charge in [0.2, 0.25) is 0 Å². The van der Waals surface area contributed by atoms with Crippen molar-refractivity contribution in [3.8, 4) is 11.5 Å². The van der Waals surface area contributed by atoms with E-state index in [1.54, 1.807) is 0 Å². The first kappa shape index (κ1) is 47.2. The van der Waals surface area contributed by atoms with Gasteiger partial charge in [0, 0.05) is 24.2 Å². The maximum absolute atomic E-state index is 6.51. The monoisotopic (exact) mass is 735 g/mol. The lowest BCUT2D eigenvalue weighted by Gasteiger charge is -2.18. The Kier molecular flexibility index (Phi) is 28.8. The van der Waals surface area contributed by atoms with E-state index in [0.29, 0.717) is 0 Å². The zero-order valence-electron chi connectivity index (χ0n) is 34.9. The molecule has 2 rings (SSSR count). The van der Waals surface area contributed by atoms with Crippen LogP contribution in [0.5, 0.6) is 11.5 Å². The van der Waals surface area contributed by atoms with Crippen molar-refractivity contribution in [2.45, 2.75) is 231 Å². The second-order valence-electron chi connectivity index (χ2n) is 16.7. The Hall–Kier alpha value is -1.92. The highest BCUT2D eigenvalue weighted by Gasteiger charge is 2.12. The molecular formula is C48H86N4O.